The minimum atomic E-state index is -1.08. The Balaban J connectivity index is 1.96. The molecule has 1 aliphatic heterocycles. The van der Waals surface area contributed by atoms with Gasteiger partial charge in [-0.2, -0.15) is 0 Å². The zero-order valence-electron chi connectivity index (χ0n) is 19.4. The van der Waals surface area contributed by atoms with Gasteiger partial charge in [0.1, 0.15) is 23.1 Å². The SMILES string of the molecule is CCOc1ccc(/C(O)=C2/C(=O)C(=O)N(c3cc(Cl)cc(Cl)c3)C2c2ccc(F)cc2)c(OCC)c1. The Morgan fingerprint density at radius 3 is 2.19 bits per heavy atom. The molecule has 0 aliphatic carbocycles. The molecule has 3 aromatic rings. The Morgan fingerprint density at radius 2 is 1.58 bits per heavy atom. The van der Waals surface area contributed by atoms with Gasteiger partial charge in [0.15, 0.2) is 0 Å². The number of hydrogen-bond donors (Lipinski definition) is 1. The van der Waals surface area contributed by atoms with E-state index < -0.39 is 29.3 Å². The van der Waals surface area contributed by atoms with Crippen molar-refractivity contribution in [3.8, 4) is 11.5 Å². The number of ketones is 1. The van der Waals surface area contributed by atoms with Crippen molar-refractivity contribution in [1.82, 2.24) is 0 Å². The number of aliphatic hydroxyl groups excluding tert-OH is 1. The molecule has 1 fully saturated rings. The minimum absolute atomic E-state index is 0.187. The average Bonchev–Trinajstić information content (AvgIpc) is 3.09. The lowest BCUT2D eigenvalue weighted by molar-refractivity contribution is -0.132. The van der Waals surface area contributed by atoms with Crippen molar-refractivity contribution in [2.75, 3.05) is 18.1 Å². The van der Waals surface area contributed by atoms with Crippen molar-refractivity contribution in [2.45, 2.75) is 19.9 Å². The van der Waals surface area contributed by atoms with Crippen molar-refractivity contribution >= 4 is 46.3 Å². The van der Waals surface area contributed by atoms with Crippen molar-refractivity contribution in [3.63, 3.8) is 0 Å². The Bertz CT molecular complexity index is 1340. The molecule has 0 bridgehead atoms. The standard InChI is InChI=1S/C27H22Cl2FNO5/c1-3-35-20-9-10-21(22(14-20)36-4-2)25(32)23-24(15-5-7-18(30)8-6-15)31(27(34)26(23)33)19-12-16(28)11-17(29)13-19/h5-14,24,32H,3-4H2,1-2H3/b25-23-. The van der Waals surface area contributed by atoms with Gasteiger partial charge in [-0.05, 0) is 61.9 Å². The van der Waals surface area contributed by atoms with E-state index in [1.807, 2.05) is 6.92 Å². The molecular formula is C27H22Cl2FNO5. The van der Waals surface area contributed by atoms with E-state index in [1.165, 1.54) is 47.4 Å². The number of Topliss-reactive ketones (excluding diaryl/α,β-unsaturated/α-hetero) is 1. The fourth-order valence-corrected chi connectivity index (χ4v) is 4.63. The molecular weight excluding hydrogens is 508 g/mol. The van der Waals surface area contributed by atoms with Gasteiger partial charge in [-0.3, -0.25) is 14.5 Å². The quantitative estimate of drug-likeness (QED) is 0.213. The highest BCUT2D eigenvalue weighted by Crippen LogP contribution is 2.44. The van der Waals surface area contributed by atoms with E-state index in [9.17, 15) is 19.1 Å². The van der Waals surface area contributed by atoms with Crippen LogP contribution in [0.15, 0.2) is 66.2 Å². The molecule has 0 aromatic heterocycles. The molecule has 0 saturated carbocycles. The summed E-state index contributed by atoms with van der Waals surface area (Å²) < 4.78 is 25.0. The van der Waals surface area contributed by atoms with Crippen LogP contribution in [0.4, 0.5) is 10.1 Å². The number of ether oxygens (including phenoxy) is 2. The highest BCUT2D eigenvalue weighted by atomic mass is 35.5. The van der Waals surface area contributed by atoms with Crippen LogP contribution in [0, 0.1) is 5.82 Å². The van der Waals surface area contributed by atoms with Crippen LogP contribution in [-0.4, -0.2) is 30.0 Å². The Hall–Kier alpha value is -3.55. The van der Waals surface area contributed by atoms with Crippen LogP contribution >= 0.6 is 23.2 Å². The molecule has 6 nitrogen and oxygen atoms in total. The Morgan fingerprint density at radius 1 is 0.944 bits per heavy atom. The van der Waals surface area contributed by atoms with Gasteiger partial charge in [-0.1, -0.05) is 35.3 Å². The number of nitrogens with zero attached hydrogens (tertiary/aromatic N) is 1. The summed E-state index contributed by atoms with van der Waals surface area (Å²) in [5.74, 6) is -1.96. The summed E-state index contributed by atoms with van der Waals surface area (Å²) in [6.07, 6.45) is 0. The Labute approximate surface area is 217 Å². The number of carbonyl (C=O) groups is 2. The molecule has 1 saturated heterocycles. The van der Waals surface area contributed by atoms with Gasteiger partial charge in [0.25, 0.3) is 11.7 Å². The molecule has 0 radical (unpaired) electrons. The third-order valence-electron chi connectivity index (χ3n) is 5.57. The summed E-state index contributed by atoms with van der Waals surface area (Å²) in [6, 6.07) is 13.5. The largest absolute Gasteiger partial charge is 0.507 e. The molecule has 36 heavy (non-hydrogen) atoms. The number of carbonyl (C=O) groups excluding carboxylic acids is 2. The maximum atomic E-state index is 13.7. The van der Waals surface area contributed by atoms with Crippen LogP contribution in [0.2, 0.25) is 10.0 Å². The molecule has 4 rings (SSSR count). The maximum Gasteiger partial charge on any atom is 0.300 e. The molecule has 1 heterocycles. The number of hydrogen-bond acceptors (Lipinski definition) is 5. The van der Waals surface area contributed by atoms with E-state index in [0.717, 1.165) is 0 Å². The van der Waals surface area contributed by atoms with Gasteiger partial charge in [0, 0.05) is 21.8 Å². The number of rotatable bonds is 7. The molecule has 186 valence electrons. The number of amides is 1. The first-order valence-electron chi connectivity index (χ1n) is 11.2. The van der Waals surface area contributed by atoms with E-state index >= 15 is 0 Å². The lowest BCUT2D eigenvalue weighted by Crippen LogP contribution is -2.29. The number of benzene rings is 3. The molecule has 1 N–H and O–H groups in total. The molecule has 0 spiro atoms. The van der Waals surface area contributed by atoms with E-state index in [-0.39, 0.29) is 39.2 Å². The lowest BCUT2D eigenvalue weighted by atomic mass is 9.94. The smallest absolute Gasteiger partial charge is 0.300 e. The number of anilines is 1. The highest BCUT2D eigenvalue weighted by molar-refractivity contribution is 6.52. The second kappa shape index (κ2) is 10.6. The van der Waals surface area contributed by atoms with Crippen LogP contribution in [0.5, 0.6) is 11.5 Å². The van der Waals surface area contributed by atoms with Crippen molar-refractivity contribution in [1.29, 1.82) is 0 Å². The van der Waals surface area contributed by atoms with Gasteiger partial charge < -0.3 is 14.6 Å². The second-order valence-corrected chi connectivity index (χ2v) is 8.75. The van der Waals surface area contributed by atoms with E-state index in [1.54, 1.807) is 25.1 Å². The van der Waals surface area contributed by atoms with Crippen LogP contribution in [0.25, 0.3) is 5.76 Å². The van der Waals surface area contributed by atoms with Gasteiger partial charge in [-0.25, -0.2) is 4.39 Å². The number of aliphatic hydroxyl groups is 1. The minimum Gasteiger partial charge on any atom is -0.507 e. The topological polar surface area (TPSA) is 76.1 Å². The number of halogens is 3. The molecule has 1 atom stereocenters. The summed E-state index contributed by atoms with van der Waals surface area (Å²) >= 11 is 12.3. The normalized spacial score (nSPS) is 16.9. The van der Waals surface area contributed by atoms with Gasteiger partial charge in [-0.15, -0.1) is 0 Å². The summed E-state index contributed by atoms with van der Waals surface area (Å²) in [5.41, 5.74) is 0.666. The van der Waals surface area contributed by atoms with Crippen LogP contribution in [0.1, 0.15) is 31.0 Å². The monoisotopic (exact) mass is 529 g/mol. The first-order chi connectivity index (χ1) is 17.2. The molecule has 1 aliphatic rings. The average molecular weight is 530 g/mol. The Kier molecular flexibility index (Phi) is 7.52. The molecule has 1 amide bonds. The second-order valence-electron chi connectivity index (χ2n) is 7.87. The van der Waals surface area contributed by atoms with E-state index in [2.05, 4.69) is 0 Å². The molecule has 9 heteroatoms. The first-order valence-corrected chi connectivity index (χ1v) is 11.9. The zero-order chi connectivity index (χ0) is 26.0. The third-order valence-corrected chi connectivity index (χ3v) is 6.01. The van der Waals surface area contributed by atoms with E-state index in [0.29, 0.717) is 17.9 Å². The van der Waals surface area contributed by atoms with Gasteiger partial charge in [0.2, 0.25) is 0 Å². The summed E-state index contributed by atoms with van der Waals surface area (Å²) in [5, 5.41) is 11.9. The van der Waals surface area contributed by atoms with Crippen molar-refractivity contribution in [2.24, 2.45) is 0 Å². The van der Waals surface area contributed by atoms with Gasteiger partial charge in [0.05, 0.1) is 30.4 Å². The zero-order valence-corrected chi connectivity index (χ0v) is 20.9. The lowest BCUT2D eigenvalue weighted by Gasteiger charge is -2.26. The fraction of sp³-hybridized carbons (Fsp3) is 0.185. The predicted molar refractivity (Wildman–Crippen MR) is 136 cm³/mol. The third kappa shape index (κ3) is 4.90. The van der Waals surface area contributed by atoms with Crippen LogP contribution < -0.4 is 14.4 Å². The molecule has 1 unspecified atom stereocenters. The fourth-order valence-electron chi connectivity index (χ4n) is 4.11. The van der Waals surface area contributed by atoms with Crippen molar-refractivity contribution in [3.05, 3.63) is 93.2 Å². The molecule has 3 aromatic carbocycles. The van der Waals surface area contributed by atoms with E-state index in [4.69, 9.17) is 32.7 Å². The highest BCUT2D eigenvalue weighted by Gasteiger charge is 2.47. The van der Waals surface area contributed by atoms with Crippen molar-refractivity contribution < 1.29 is 28.6 Å². The first kappa shape index (κ1) is 25.5. The van der Waals surface area contributed by atoms with Crippen LogP contribution in [0.3, 0.4) is 0 Å². The van der Waals surface area contributed by atoms with Gasteiger partial charge >= 0.3 is 0 Å². The maximum absolute atomic E-state index is 13.7. The summed E-state index contributed by atoms with van der Waals surface area (Å²) in [4.78, 5) is 27.8. The van der Waals surface area contributed by atoms with Crippen LogP contribution in [-0.2, 0) is 9.59 Å². The summed E-state index contributed by atoms with van der Waals surface area (Å²) in [7, 11) is 0. The summed E-state index contributed by atoms with van der Waals surface area (Å²) in [6.45, 7) is 4.32. The predicted octanol–water partition coefficient (Wildman–Crippen LogP) is 6.56.